The van der Waals surface area contributed by atoms with Gasteiger partial charge in [0.25, 0.3) is 5.22 Å². The van der Waals surface area contributed by atoms with Crippen LogP contribution in [0.4, 0.5) is 0 Å². The van der Waals surface area contributed by atoms with Crippen molar-refractivity contribution in [2.24, 2.45) is 0 Å². The van der Waals surface area contributed by atoms with Crippen LogP contribution >= 0.6 is 11.8 Å². The normalized spacial score (nSPS) is 13.4. The number of nitrogens with one attached hydrogen (secondary N) is 1. The maximum absolute atomic E-state index is 12.2. The first-order valence-electron chi connectivity index (χ1n) is 7.53. The van der Waals surface area contributed by atoms with Gasteiger partial charge in [0, 0.05) is 20.6 Å². The van der Waals surface area contributed by atoms with E-state index in [-0.39, 0.29) is 16.1 Å². The topological polar surface area (TPSA) is 92.5 Å². The molecule has 0 saturated heterocycles. The molecule has 24 heavy (non-hydrogen) atoms. The third kappa shape index (κ3) is 4.08. The molecule has 1 N–H and O–H groups in total. The Bertz CT molecular complexity index is 830. The molecule has 1 aromatic carbocycles. The molecule has 2 rings (SSSR count). The van der Waals surface area contributed by atoms with Gasteiger partial charge >= 0.3 is 0 Å². The monoisotopic (exact) mass is 371 g/mol. The number of sulfonamides is 1. The van der Waals surface area contributed by atoms with Crippen LogP contribution in [-0.2, 0) is 14.8 Å². The maximum Gasteiger partial charge on any atom is 0.257 e. The van der Waals surface area contributed by atoms with Gasteiger partial charge in [0.2, 0.25) is 15.9 Å². The molecule has 7 nitrogen and oxygen atoms in total. The Morgan fingerprint density at radius 3 is 2.75 bits per heavy atom. The van der Waals surface area contributed by atoms with Gasteiger partial charge in [0.05, 0.1) is 10.1 Å². The lowest BCUT2D eigenvalue weighted by Crippen LogP contribution is -2.31. The number of hydrogen-bond acceptors (Lipinski definition) is 6. The highest BCUT2D eigenvalue weighted by Gasteiger charge is 2.21. The van der Waals surface area contributed by atoms with Crippen molar-refractivity contribution in [1.29, 1.82) is 0 Å². The average molecular weight is 371 g/mol. The minimum atomic E-state index is -3.53. The van der Waals surface area contributed by atoms with Crippen molar-refractivity contribution >= 4 is 38.8 Å². The fourth-order valence-corrected chi connectivity index (χ4v) is 3.61. The quantitative estimate of drug-likeness (QED) is 0.749. The lowest BCUT2D eigenvalue weighted by Gasteiger charge is -2.10. The molecule has 1 atom stereocenters. The van der Waals surface area contributed by atoms with Gasteiger partial charge < -0.3 is 9.73 Å². The fraction of sp³-hybridized carbons (Fsp3) is 0.467. The molecule has 0 bridgehead atoms. The minimum Gasteiger partial charge on any atom is -0.431 e. The van der Waals surface area contributed by atoms with E-state index in [1.165, 1.54) is 38.0 Å². The number of benzene rings is 1. The minimum absolute atomic E-state index is 0.0834. The van der Waals surface area contributed by atoms with E-state index in [0.29, 0.717) is 22.9 Å². The second-order valence-electron chi connectivity index (χ2n) is 5.45. The molecule has 2 aromatic rings. The number of rotatable bonds is 7. The van der Waals surface area contributed by atoms with Gasteiger partial charge in [-0.05, 0) is 31.5 Å². The molecule has 0 aliphatic rings. The zero-order valence-electron chi connectivity index (χ0n) is 14.1. The summed E-state index contributed by atoms with van der Waals surface area (Å²) in [6.07, 6.45) is 0.870. The highest BCUT2D eigenvalue weighted by Crippen LogP contribution is 2.28. The van der Waals surface area contributed by atoms with E-state index in [1.54, 1.807) is 13.0 Å². The standard InChI is InChI=1S/C15H21N3O4S2/c1-5-8-16-14(19)10(2)23-15-17-12-9-11(6-7-13(12)22-15)24(20,21)18(3)4/h6-7,9-10H,5,8H2,1-4H3,(H,16,19)/t10-/m0/s1. The largest absolute Gasteiger partial charge is 0.431 e. The average Bonchev–Trinajstić information content (AvgIpc) is 2.93. The van der Waals surface area contributed by atoms with E-state index in [0.717, 1.165) is 10.7 Å². The van der Waals surface area contributed by atoms with Gasteiger partial charge in [-0.15, -0.1) is 0 Å². The summed E-state index contributed by atoms with van der Waals surface area (Å²) in [6.45, 7) is 4.38. The SMILES string of the molecule is CCCNC(=O)[C@H](C)Sc1nc2cc(S(=O)(=O)N(C)C)ccc2o1. The van der Waals surface area contributed by atoms with Crippen LogP contribution in [0.2, 0.25) is 0 Å². The number of oxazole rings is 1. The van der Waals surface area contributed by atoms with Crippen LogP contribution < -0.4 is 5.32 Å². The van der Waals surface area contributed by atoms with Gasteiger partial charge in [-0.1, -0.05) is 18.7 Å². The number of carbonyl (C=O) groups is 1. The molecule has 0 aliphatic heterocycles. The van der Waals surface area contributed by atoms with Gasteiger partial charge in [-0.25, -0.2) is 17.7 Å². The van der Waals surface area contributed by atoms with Crippen LogP contribution in [0.25, 0.3) is 11.1 Å². The van der Waals surface area contributed by atoms with E-state index in [2.05, 4.69) is 10.3 Å². The number of amides is 1. The second-order valence-corrected chi connectivity index (χ2v) is 8.89. The van der Waals surface area contributed by atoms with Gasteiger partial charge in [0.15, 0.2) is 5.58 Å². The lowest BCUT2D eigenvalue weighted by atomic mass is 10.3. The van der Waals surface area contributed by atoms with Crippen LogP contribution in [0, 0.1) is 0 Å². The van der Waals surface area contributed by atoms with Crippen molar-refractivity contribution in [3.8, 4) is 0 Å². The molecule has 0 fully saturated rings. The summed E-state index contributed by atoms with van der Waals surface area (Å²) in [5, 5.41) is 2.80. The van der Waals surface area contributed by atoms with Crippen molar-refractivity contribution in [2.45, 2.75) is 35.6 Å². The molecule has 0 aliphatic carbocycles. The molecular formula is C15H21N3O4S2. The zero-order chi connectivity index (χ0) is 17.9. The number of hydrogen-bond donors (Lipinski definition) is 1. The van der Waals surface area contributed by atoms with Crippen molar-refractivity contribution in [2.75, 3.05) is 20.6 Å². The Morgan fingerprint density at radius 2 is 2.12 bits per heavy atom. The first kappa shape index (κ1) is 18.8. The van der Waals surface area contributed by atoms with E-state index in [4.69, 9.17) is 4.42 Å². The van der Waals surface area contributed by atoms with Crippen molar-refractivity contribution in [1.82, 2.24) is 14.6 Å². The predicted octanol–water partition coefficient (Wildman–Crippen LogP) is 2.08. The number of carbonyl (C=O) groups excluding carboxylic acids is 1. The number of nitrogens with zero attached hydrogens (tertiary/aromatic N) is 2. The van der Waals surface area contributed by atoms with Crippen LogP contribution in [0.3, 0.4) is 0 Å². The Balaban J connectivity index is 2.21. The molecule has 9 heteroatoms. The first-order valence-corrected chi connectivity index (χ1v) is 9.85. The molecule has 0 spiro atoms. The highest BCUT2D eigenvalue weighted by molar-refractivity contribution is 8.00. The van der Waals surface area contributed by atoms with Crippen molar-refractivity contribution in [3.63, 3.8) is 0 Å². The van der Waals surface area contributed by atoms with Crippen LogP contribution in [0.15, 0.2) is 32.7 Å². The van der Waals surface area contributed by atoms with Crippen LogP contribution in [-0.4, -0.2) is 49.5 Å². The summed E-state index contributed by atoms with van der Waals surface area (Å²) in [5.41, 5.74) is 0.929. The van der Waals surface area contributed by atoms with E-state index < -0.39 is 10.0 Å². The second kappa shape index (κ2) is 7.54. The van der Waals surface area contributed by atoms with Crippen LogP contribution in [0.5, 0.6) is 0 Å². The molecule has 0 saturated carbocycles. The first-order chi connectivity index (χ1) is 11.3. The molecule has 1 amide bonds. The molecule has 0 unspecified atom stereocenters. The van der Waals surface area contributed by atoms with Gasteiger partial charge in [-0.3, -0.25) is 4.79 Å². The van der Waals surface area contributed by atoms with Gasteiger partial charge in [0.1, 0.15) is 5.52 Å². The Hall–Kier alpha value is -1.58. The van der Waals surface area contributed by atoms with E-state index in [9.17, 15) is 13.2 Å². The number of fused-ring (bicyclic) bond motifs is 1. The maximum atomic E-state index is 12.2. The van der Waals surface area contributed by atoms with Crippen molar-refractivity contribution < 1.29 is 17.6 Å². The molecule has 1 heterocycles. The molecular weight excluding hydrogens is 350 g/mol. The Morgan fingerprint density at radius 1 is 1.42 bits per heavy atom. The summed E-state index contributed by atoms with van der Waals surface area (Å²) in [6, 6.07) is 4.53. The number of thioether (sulfide) groups is 1. The zero-order valence-corrected chi connectivity index (χ0v) is 15.7. The summed E-state index contributed by atoms with van der Waals surface area (Å²) in [4.78, 5) is 16.3. The smallest absolute Gasteiger partial charge is 0.257 e. The third-order valence-electron chi connectivity index (χ3n) is 3.31. The van der Waals surface area contributed by atoms with E-state index >= 15 is 0 Å². The molecule has 0 radical (unpaired) electrons. The summed E-state index contributed by atoms with van der Waals surface area (Å²) in [5.74, 6) is -0.0834. The molecule has 1 aromatic heterocycles. The summed E-state index contributed by atoms with van der Waals surface area (Å²) in [7, 11) is -0.580. The van der Waals surface area contributed by atoms with E-state index in [1.807, 2.05) is 6.92 Å². The summed E-state index contributed by atoms with van der Waals surface area (Å²) < 4.78 is 31.0. The third-order valence-corrected chi connectivity index (χ3v) is 6.07. The molecule has 132 valence electrons. The summed E-state index contributed by atoms with van der Waals surface area (Å²) >= 11 is 1.20. The Labute approximate surface area is 145 Å². The van der Waals surface area contributed by atoms with Crippen molar-refractivity contribution in [3.05, 3.63) is 18.2 Å². The van der Waals surface area contributed by atoms with Gasteiger partial charge in [-0.2, -0.15) is 0 Å². The predicted molar refractivity (Wildman–Crippen MR) is 93.5 cm³/mol. The number of aromatic nitrogens is 1. The highest BCUT2D eigenvalue weighted by atomic mass is 32.2. The van der Waals surface area contributed by atoms with Crippen LogP contribution in [0.1, 0.15) is 20.3 Å². The fourth-order valence-electron chi connectivity index (χ4n) is 1.90. The lowest BCUT2D eigenvalue weighted by molar-refractivity contribution is -0.120. The Kier molecular flexibility index (Phi) is 5.89.